The van der Waals surface area contributed by atoms with Gasteiger partial charge < -0.3 is 30.1 Å². The summed E-state index contributed by atoms with van der Waals surface area (Å²) < 4.78 is 0. The van der Waals surface area contributed by atoms with Gasteiger partial charge in [0.1, 0.15) is 0 Å². The van der Waals surface area contributed by atoms with E-state index >= 15 is 0 Å². The average Bonchev–Trinajstić information content (AvgIpc) is 2.56. The predicted octanol–water partition coefficient (Wildman–Crippen LogP) is -3.99. The summed E-state index contributed by atoms with van der Waals surface area (Å²) in [7, 11) is 0. The van der Waals surface area contributed by atoms with Crippen molar-refractivity contribution in [3.8, 4) is 0 Å². The molecule has 9 nitrogen and oxygen atoms in total. The number of aliphatic hydroxyl groups is 1. The van der Waals surface area contributed by atoms with Crippen molar-refractivity contribution in [1.82, 2.24) is 9.80 Å². The zero-order valence-corrected chi connectivity index (χ0v) is 18.0. The largest absolute Gasteiger partial charge is 1.00 e. The maximum Gasteiger partial charge on any atom is 1.00 e. The zero-order chi connectivity index (χ0) is 19.9. The smallest absolute Gasteiger partial charge is 0.550 e. The van der Waals surface area contributed by atoms with Crippen LogP contribution in [0.4, 0.5) is 0 Å². The summed E-state index contributed by atoms with van der Waals surface area (Å²) >= 11 is 0. The Morgan fingerprint density at radius 2 is 1.41 bits per heavy atom. The first kappa shape index (κ1) is 28.2. The van der Waals surface area contributed by atoms with Crippen LogP contribution in [0.5, 0.6) is 0 Å². The van der Waals surface area contributed by atoms with Gasteiger partial charge >= 0.3 is 41.5 Å². The van der Waals surface area contributed by atoms with Gasteiger partial charge in [0.05, 0.1) is 18.9 Å². The second-order valence-corrected chi connectivity index (χ2v) is 6.07. The van der Waals surface area contributed by atoms with Crippen LogP contribution in [0.1, 0.15) is 32.1 Å². The SMILES string of the molecule is C=CCCC(O)CN(CCC(=O)O)CCN(CCC(=O)[O-])CCC(=O)O.[Na+]. The fourth-order valence-corrected chi connectivity index (χ4v) is 2.37. The molecule has 27 heavy (non-hydrogen) atoms. The molecule has 0 heterocycles. The Labute approximate surface area is 181 Å². The number of carboxylic acids is 3. The van der Waals surface area contributed by atoms with Crippen LogP contribution in [0.3, 0.4) is 0 Å². The molecule has 0 aromatic carbocycles. The van der Waals surface area contributed by atoms with Crippen molar-refractivity contribution >= 4 is 17.9 Å². The van der Waals surface area contributed by atoms with Crippen LogP contribution in [0.15, 0.2) is 12.7 Å². The van der Waals surface area contributed by atoms with E-state index in [9.17, 15) is 24.6 Å². The molecule has 10 heteroatoms. The van der Waals surface area contributed by atoms with Gasteiger partial charge in [-0.25, -0.2) is 0 Å². The Morgan fingerprint density at radius 1 is 0.926 bits per heavy atom. The maximum atomic E-state index is 10.8. The fraction of sp³-hybridized carbons (Fsp3) is 0.706. The van der Waals surface area contributed by atoms with Crippen LogP contribution in [0.25, 0.3) is 0 Å². The second kappa shape index (κ2) is 17.2. The number of allylic oxidation sites excluding steroid dienone is 1. The minimum atomic E-state index is -1.21. The van der Waals surface area contributed by atoms with Crippen molar-refractivity contribution in [2.75, 3.05) is 39.3 Å². The third-order valence-corrected chi connectivity index (χ3v) is 3.82. The number of hydrogen-bond acceptors (Lipinski definition) is 7. The normalized spacial score (nSPS) is 11.8. The molecule has 0 aliphatic carbocycles. The molecular formula is C17H29N2NaO7. The zero-order valence-electron chi connectivity index (χ0n) is 16.0. The van der Waals surface area contributed by atoms with E-state index in [4.69, 9.17) is 10.2 Å². The summed E-state index contributed by atoms with van der Waals surface area (Å²) in [6, 6.07) is 0. The van der Waals surface area contributed by atoms with Gasteiger partial charge in [-0.15, -0.1) is 6.58 Å². The molecule has 0 saturated heterocycles. The summed E-state index contributed by atoms with van der Waals surface area (Å²) in [6.45, 7) is 5.23. The van der Waals surface area contributed by atoms with Crippen LogP contribution < -0.4 is 34.7 Å². The van der Waals surface area contributed by atoms with E-state index in [1.807, 2.05) is 0 Å². The number of rotatable bonds is 17. The Morgan fingerprint density at radius 3 is 1.89 bits per heavy atom. The molecule has 0 rings (SSSR count). The standard InChI is InChI=1S/C17H30N2O7.Na/c1-2-3-4-14(20)13-19(10-7-17(25)26)12-11-18(8-5-15(21)22)9-6-16(23)24;/h2,14,20H,1,3-13H2,(H,21,22)(H,23,24)(H,25,26);/q;+1/p-1. The van der Waals surface area contributed by atoms with Crippen LogP contribution in [0.2, 0.25) is 0 Å². The third-order valence-electron chi connectivity index (χ3n) is 3.82. The molecular weight excluding hydrogens is 367 g/mol. The van der Waals surface area contributed by atoms with Crippen LogP contribution >= 0.6 is 0 Å². The quantitative estimate of drug-likeness (QED) is 0.166. The molecule has 0 amide bonds. The number of carbonyl (C=O) groups excluding carboxylic acids is 1. The molecule has 150 valence electrons. The van der Waals surface area contributed by atoms with Crippen LogP contribution in [-0.4, -0.2) is 88.4 Å². The van der Waals surface area contributed by atoms with Gasteiger partial charge in [0, 0.05) is 45.2 Å². The number of carboxylic acid groups (broad SMARTS) is 3. The number of aliphatic hydroxyl groups excluding tert-OH is 1. The van der Waals surface area contributed by atoms with Crippen LogP contribution in [0, 0.1) is 0 Å². The summed E-state index contributed by atoms with van der Waals surface area (Å²) in [4.78, 5) is 35.6. The van der Waals surface area contributed by atoms with E-state index in [1.54, 1.807) is 15.9 Å². The Balaban J connectivity index is 0. The van der Waals surface area contributed by atoms with E-state index in [0.29, 0.717) is 25.9 Å². The summed E-state index contributed by atoms with van der Waals surface area (Å²) in [5.41, 5.74) is 0. The van der Waals surface area contributed by atoms with Gasteiger partial charge in [0.15, 0.2) is 0 Å². The first-order valence-electron chi connectivity index (χ1n) is 8.61. The minimum absolute atomic E-state index is 0. The van der Waals surface area contributed by atoms with Crippen molar-refractivity contribution in [2.24, 2.45) is 0 Å². The molecule has 1 unspecified atom stereocenters. The average molecular weight is 396 g/mol. The Kier molecular flexibility index (Phi) is 17.9. The summed E-state index contributed by atoms with van der Waals surface area (Å²) in [5.74, 6) is -3.14. The number of aliphatic carboxylic acids is 3. The molecule has 0 spiro atoms. The van der Waals surface area contributed by atoms with Crippen molar-refractivity contribution in [2.45, 2.75) is 38.2 Å². The van der Waals surface area contributed by atoms with Gasteiger partial charge in [-0.3, -0.25) is 14.5 Å². The van der Waals surface area contributed by atoms with Crippen LogP contribution in [-0.2, 0) is 14.4 Å². The van der Waals surface area contributed by atoms with Crippen molar-refractivity contribution in [1.29, 1.82) is 0 Å². The van der Waals surface area contributed by atoms with Crippen molar-refractivity contribution < 1.29 is 64.4 Å². The molecule has 0 aliphatic rings. The van der Waals surface area contributed by atoms with E-state index in [1.165, 1.54) is 0 Å². The van der Waals surface area contributed by atoms with E-state index in [-0.39, 0.29) is 75.0 Å². The monoisotopic (exact) mass is 396 g/mol. The van der Waals surface area contributed by atoms with Gasteiger partial charge in [-0.05, 0) is 19.3 Å². The Bertz CT molecular complexity index is 445. The third kappa shape index (κ3) is 18.2. The predicted molar refractivity (Wildman–Crippen MR) is 92.4 cm³/mol. The molecule has 1 atom stereocenters. The number of hydrogen-bond donors (Lipinski definition) is 3. The summed E-state index contributed by atoms with van der Waals surface area (Å²) in [6.07, 6.45) is 1.81. The molecule has 0 saturated carbocycles. The van der Waals surface area contributed by atoms with Gasteiger partial charge in [-0.1, -0.05) is 6.08 Å². The first-order valence-corrected chi connectivity index (χ1v) is 8.61. The minimum Gasteiger partial charge on any atom is -0.550 e. The van der Waals surface area contributed by atoms with E-state index in [0.717, 1.165) is 0 Å². The van der Waals surface area contributed by atoms with Gasteiger partial charge in [0.2, 0.25) is 0 Å². The number of carbonyl (C=O) groups is 3. The molecule has 0 aromatic heterocycles. The molecule has 0 radical (unpaired) electrons. The van der Waals surface area contributed by atoms with Gasteiger partial charge in [-0.2, -0.15) is 0 Å². The summed E-state index contributed by atoms with van der Waals surface area (Å²) in [5, 5.41) is 38.3. The molecule has 0 bridgehead atoms. The number of nitrogens with zero attached hydrogens (tertiary/aromatic N) is 2. The van der Waals surface area contributed by atoms with E-state index in [2.05, 4.69) is 6.58 Å². The Hall–Kier alpha value is -0.970. The molecule has 0 aliphatic heterocycles. The first-order chi connectivity index (χ1) is 12.2. The molecule has 0 aromatic rings. The van der Waals surface area contributed by atoms with Crippen molar-refractivity contribution in [3.05, 3.63) is 12.7 Å². The van der Waals surface area contributed by atoms with E-state index < -0.39 is 24.0 Å². The molecule has 3 N–H and O–H groups in total. The topological polar surface area (TPSA) is 141 Å². The van der Waals surface area contributed by atoms with Gasteiger partial charge in [0.25, 0.3) is 0 Å². The molecule has 0 fully saturated rings. The second-order valence-electron chi connectivity index (χ2n) is 6.07. The maximum absolute atomic E-state index is 10.8. The van der Waals surface area contributed by atoms with Crippen molar-refractivity contribution in [3.63, 3.8) is 0 Å². The fourth-order valence-electron chi connectivity index (χ4n) is 2.37.